The minimum absolute atomic E-state index is 0.140. The molecule has 2 aromatic heterocycles. The molecular weight excluding hydrogens is 428 g/mol. The number of furan rings is 1. The van der Waals surface area contributed by atoms with Crippen LogP contribution in [0.4, 0.5) is 17.3 Å². The van der Waals surface area contributed by atoms with Crippen LogP contribution in [-0.2, 0) is 16.1 Å². The molecule has 168 valence electrons. The molecule has 3 heterocycles. The third-order valence-corrected chi connectivity index (χ3v) is 6.18. The Kier molecular flexibility index (Phi) is 6.79. The van der Waals surface area contributed by atoms with Crippen molar-refractivity contribution < 1.29 is 14.0 Å². The van der Waals surface area contributed by atoms with Crippen LogP contribution < -0.4 is 15.5 Å². The van der Waals surface area contributed by atoms with E-state index in [2.05, 4.69) is 25.7 Å². The maximum Gasteiger partial charge on any atom is 0.237 e. The standard InChI is InChI=1S/C22H26N6O3S/c1-15(20(30)24-18-9-7-17(8-10-18)23-16(2)29)32-22-26-25-21(27-11-3-4-12-27)28(22)14-19-6-5-13-31-19/h5-10,13,15H,3-4,11-12,14H2,1-2H3,(H,23,29)(H,24,30). The highest BCUT2D eigenvalue weighted by Crippen LogP contribution is 2.29. The van der Waals surface area contributed by atoms with E-state index in [-0.39, 0.29) is 11.8 Å². The van der Waals surface area contributed by atoms with Gasteiger partial charge in [-0.05, 0) is 56.2 Å². The SMILES string of the molecule is CC(=O)Nc1ccc(NC(=O)C(C)Sc2nnc(N3CCCC3)n2Cc2ccco2)cc1. The van der Waals surface area contributed by atoms with Gasteiger partial charge in [0.05, 0.1) is 18.1 Å². The molecule has 0 bridgehead atoms. The third-order valence-electron chi connectivity index (χ3n) is 5.10. The van der Waals surface area contributed by atoms with E-state index in [1.54, 1.807) is 30.5 Å². The predicted molar refractivity (Wildman–Crippen MR) is 124 cm³/mol. The average Bonchev–Trinajstić information content (AvgIpc) is 3.52. The van der Waals surface area contributed by atoms with Crippen LogP contribution in [0.15, 0.2) is 52.2 Å². The van der Waals surface area contributed by atoms with Gasteiger partial charge in [-0.25, -0.2) is 0 Å². The zero-order valence-corrected chi connectivity index (χ0v) is 18.9. The maximum absolute atomic E-state index is 12.8. The van der Waals surface area contributed by atoms with E-state index in [9.17, 15) is 9.59 Å². The van der Waals surface area contributed by atoms with Gasteiger partial charge in [0.15, 0.2) is 5.16 Å². The van der Waals surface area contributed by atoms with E-state index in [4.69, 9.17) is 4.42 Å². The highest BCUT2D eigenvalue weighted by Gasteiger charge is 2.25. The lowest BCUT2D eigenvalue weighted by molar-refractivity contribution is -0.115. The predicted octanol–water partition coefficient (Wildman–Crippen LogP) is 3.60. The van der Waals surface area contributed by atoms with Gasteiger partial charge >= 0.3 is 0 Å². The summed E-state index contributed by atoms with van der Waals surface area (Å²) in [6, 6.07) is 10.8. The summed E-state index contributed by atoms with van der Waals surface area (Å²) in [5.41, 5.74) is 1.34. The second-order valence-electron chi connectivity index (χ2n) is 7.65. The number of hydrogen-bond donors (Lipinski definition) is 2. The number of carbonyl (C=O) groups excluding carboxylic acids is 2. The van der Waals surface area contributed by atoms with Crippen LogP contribution in [0.25, 0.3) is 0 Å². The van der Waals surface area contributed by atoms with E-state index < -0.39 is 5.25 Å². The topological polar surface area (TPSA) is 105 Å². The van der Waals surface area contributed by atoms with Crippen molar-refractivity contribution in [2.75, 3.05) is 28.6 Å². The summed E-state index contributed by atoms with van der Waals surface area (Å²) < 4.78 is 7.55. The summed E-state index contributed by atoms with van der Waals surface area (Å²) in [6.07, 6.45) is 3.92. The minimum Gasteiger partial charge on any atom is -0.467 e. The highest BCUT2D eigenvalue weighted by molar-refractivity contribution is 8.00. The first-order chi connectivity index (χ1) is 15.5. The molecule has 1 aromatic carbocycles. The van der Waals surface area contributed by atoms with Crippen LogP contribution in [0, 0.1) is 0 Å². The van der Waals surface area contributed by atoms with Crippen LogP contribution in [0.1, 0.15) is 32.4 Å². The summed E-state index contributed by atoms with van der Waals surface area (Å²) in [5.74, 6) is 1.34. The van der Waals surface area contributed by atoms with Gasteiger partial charge in [0.2, 0.25) is 17.8 Å². The fourth-order valence-electron chi connectivity index (χ4n) is 3.51. The second-order valence-corrected chi connectivity index (χ2v) is 8.96. The number of thioether (sulfide) groups is 1. The molecule has 1 saturated heterocycles. The van der Waals surface area contributed by atoms with E-state index in [0.717, 1.165) is 37.6 Å². The van der Waals surface area contributed by atoms with Crippen molar-refractivity contribution in [3.63, 3.8) is 0 Å². The lowest BCUT2D eigenvalue weighted by atomic mass is 10.2. The van der Waals surface area contributed by atoms with E-state index in [0.29, 0.717) is 23.1 Å². The molecule has 9 nitrogen and oxygen atoms in total. The van der Waals surface area contributed by atoms with Crippen molar-refractivity contribution in [3.05, 3.63) is 48.4 Å². The largest absolute Gasteiger partial charge is 0.467 e. The molecule has 1 atom stereocenters. The lowest BCUT2D eigenvalue weighted by Gasteiger charge is -2.18. The minimum atomic E-state index is -0.393. The van der Waals surface area contributed by atoms with Crippen molar-refractivity contribution in [3.8, 4) is 0 Å². The van der Waals surface area contributed by atoms with Gasteiger partial charge in [0, 0.05) is 31.4 Å². The highest BCUT2D eigenvalue weighted by atomic mass is 32.2. The number of anilines is 3. The molecule has 4 rings (SSSR count). The first kappa shape index (κ1) is 21.9. The number of benzene rings is 1. The molecule has 32 heavy (non-hydrogen) atoms. The van der Waals surface area contributed by atoms with Gasteiger partial charge < -0.3 is 20.0 Å². The molecule has 1 fully saturated rings. The van der Waals surface area contributed by atoms with Gasteiger partial charge in [-0.2, -0.15) is 0 Å². The molecule has 0 saturated carbocycles. The fraction of sp³-hybridized carbons (Fsp3) is 0.364. The summed E-state index contributed by atoms with van der Waals surface area (Å²) >= 11 is 1.36. The van der Waals surface area contributed by atoms with Gasteiger partial charge in [-0.15, -0.1) is 10.2 Å². The lowest BCUT2D eigenvalue weighted by Crippen LogP contribution is -2.24. The van der Waals surface area contributed by atoms with E-state index >= 15 is 0 Å². The molecule has 1 aliphatic rings. The summed E-state index contributed by atoms with van der Waals surface area (Å²) in [5, 5.41) is 14.7. The Morgan fingerprint density at radius 1 is 1.09 bits per heavy atom. The van der Waals surface area contributed by atoms with E-state index in [1.807, 2.05) is 23.6 Å². The van der Waals surface area contributed by atoms with Crippen molar-refractivity contribution in [1.29, 1.82) is 0 Å². The molecular formula is C22H26N6O3S. The molecule has 1 unspecified atom stereocenters. The Bertz CT molecular complexity index is 1060. The van der Waals surface area contributed by atoms with E-state index in [1.165, 1.54) is 18.7 Å². The first-order valence-corrected chi connectivity index (χ1v) is 11.4. The van der Waals surface area contributed by atoms with Crippen molar-refractivity contribution >= 4 is 40.9 Å². The molecule has 2 amide bonds. The number of aromatic nitrogens is 3. The quantitative estimate of drug-likeness (QED) is 0.501. The Hall–Kier alpha value is -3.27. The van der Waals surface area contributed by atoms with Gasteiger partial charge in [0.25, 0.3) is 0 Å². The molecule has 10 heteroatoms. The number of rotatable bonds is 8. The molecule has 0 radical (unpaired) electrons. The molecule has 1 aliphatic heterocycles. The Morgan fingerprint density at radius 3 is 2.41 bits per heavy atom. The Balaban J connectivity index is 1.45. The first-order valence-electron chi connectivity index (χ1n) is 10.6. The van der Waals surface area contributed by atoms with Crippen molar-refractivity contribution in [2.24, 2.45) is 0 Å². The molecule has 3 aromatic rings. The summed E-state index contributed by atoms with van der Waals surface area (Å²) in [4.78, 5) is 26.2. The van der Waals surface area contributed by atoms with Crippen LogP contribution in [-0.4, -0.2) is 44.9 Å². The van der Waals surface area contributed by atoms with Crippen LogP contribution in [0.3, 0.4) is 0 Å². The molecule has 2 N–H and O–H groups in total. The van der Waals surface area contributed by atoms with Crippen molar-refractivity contribution in [2.45, 2.75) is 43.6 Å². The number of carbonyl (C=O) groups is 2. The molecule has 0 spiro atoms. The molecule has 0 aliphatic carbocycles. The monoisotopic (exact) mass is 454 g/mol. The zero-order chi connectivity index (χ0) is 22.5. The summed E-state index contributed by atoms with van der Waals surface area (Å²) in [7, 11) is 0. The van der Waals surface area contributed by atoms with Gasteiger partial charge in [-0.3, -0.25) is 14.2 Å². The average molecular weight is 455 g/mol. The second kappa shape index (κ2) is 9.90. The van der Waals surface area contributed by atoms with Crippen LogP contribution >= 0.6 is 11.8 Å². The summed E-state index contributed by atoms with van der Waals surface area (Å²) in [6.45, 7) is 5.70. The van der Waals surface area contributed by atoms with Crippen LogP contribution in [0.2, 0.25) is 0 Å². The Labute approximate surface area is 190 Å². The van der Waals surface area contributed by atoms with Gasteiger partial charge in [-0.1, -0.05) is 11.8 Å². The van der Waals surface area contributed by atoms with Crippen molar-refractivity contribution in [1.82, 2.24) is 14.8 Å². The zero-order valence-electron chi connectivity index (χ0n) is 18.1. The smallest absolute Gasteiger partial charge is 0.237 e. The Morgan fingerprint density at radius 2 is 1.78 bits per heavy atom. The number of hydrogen-bond acceptors (Lipinski definition) is 7. The fourth-order valence-corrected chi connectivity index (χ4v) is 4.36. The number of nitrogens with zero attached hydrogens (tertiary/aromatic N) is 4. The normalized spacial score (nSPS) is 14.4. The van der Waals surface area contributed by atoms with Crippen LogP contribution in [0.5, 0.6) is 0 Å². The third kappa shape index (κ3) is 5.31. The number of nitrogens with one attached hydrogen (secondary N) is 2. The number of amides is 2. The van der Waals surface area contributed by atoms with Gasteiger partial charge in [0.1, 0.15) is 5.76 Å². The maximum atomic E-state index is 12.8.